The van der Waals surface area contributed by atoms with Crippen LogP contribution in [0.3, 0.4) is 0 Å². The molecule has 3 rings (SSSR count). The Kier molecular flexibility index (Phi) is 3.06. The highest BCUT2D eigenvalue weighted by Gasteiger charge is 2.54. The maximum absolute atomic E-state index is 11.7. The van der Waals surface area contributed by atoms with E-state index in [0.29, 0.717) is 11.5 Å². The van der Waals surface area contributed by atoms with Gasteiger partial charge in [0.05, 0.1) is 0 Å². The Morgan fingerprint density at radius 3 is 2.69 bits per heavy atom. The fourth-order valence-corrected chi connectivity index (χ4v) is 3.15. The molecule has 2 bridgehead atoms. The number of carbonyl (C=O) groups is 1. The first kappa shape index (κ1) is 11.6. The second-order valence-corrected chi connectivity index (χ2v) is 5.89. The minimum absolute atomic E-state index is 0.0700. The van der Waals surface area contributed by atoms with E-state index >= 15 is 0 Å². The highest BCUT2D eigenvalue weighted by atomic mass is 16.1. The van der Waals surface area contributed by atoms with Gasteiger partial charge in [-0.1, -0.05) is 13.0 Å². The van der Waals surface area contributed by atoms with E-state index in [9.17, 15) is 4.79 Å². The average molecular weight is 222 g/mol. The molecule has 3 aliphatic carbocycles. The van der Waals surface area contributed by atoms with Gasteiger partial charge in [0.25, 0.3) is 0 Å². The lowest BCUT2D eigenvalue weighted by Crippen LogP contribution is -2.42. The van der Waals surface area contributed by atoms with Crippen molar-refractivity contribution in [3.8, 4) is 0 Å². The van der Waals surface area contributed by atoms with Crippen molar-refractivity contribution in [2.45, 2.75) is 32.2 Å². The predicted octanol–water partition coefficient (Wildman–Crippen LogP) is 1.41. The Balaban J connectivity index is 1.77. The molecule has 3 saturated carbocycles. The first-order valence-electron chi connectivity index (χ1n) is 6.11. The van der Waals surface area contributed by atoms with Crippen molar-refractivity contribution < 1.29 is 4.79 Å². The second kappa shape index (κ2) is 4.21. The Bertz CT molecular complexity index is 303. The molecule has 16 heavy (non-hydrogen) atoms. The lowest BCUT2D eigenvalue weighted by Gasteiger charge is -2.37. The molecule has 1 unspecified atom stereocenters. The van der Waals surface area contributed by atoms with Crippen LogP contribution in [-0.2, 0) is 4.79 Å². The summed E-state index contributed by atoms with van der Waals surface area (Å²) in [6, 6.07) is 0.411. The Hall–Kier alpha value is -0.830. The zero-order chi connectivity index (χ0) is 11.8. The van der Waals surface area contributed by atoms with Gasteiger partial charge in [0.2, 0.25) is 5.91 Å². The molecule has 0 saturated heterocycles. The van der Waals surface area contributed by atoms with E-state index in [0.717, 1.165) is 12.5 Å². The number of hydrogen-bond donors (Lipinski definition) is 1. The van der Waals surface area contributed by atoms with Crippen LogP contribution in [0.15, 0.2) is 12.2 Å². The maximum atomic E-state index is 11.7. The van der Waals surface area contributed by atoms with Gasteiger partial charge < -0.3 is 10.2 Å². The summed E-state index contributed by atoms with van der Waals surface area (Å²) in [5, 5.41) is 3.14. The van der Waals surface area contributed by atoms with Gasteiger partial charge in [0.1, 0.15) is 0 Å². The lowest BCUT2D eigenvalue weighted by atomic mass is 9.70. The first-order valence-corrected chi connectivity index (χ1v) is 6.11. The van der Waals surface area contributed by atoms with E-state index < -0.39 is 0 Å². The number of fused-ring (bicyclic) bond motifs is 1. The quantitative estimate of drug-likeness (QED) is 0.729. The molecule has 3 nitrogen and oxygen atoms in total. The third kappa shape index (κ3) is 2.29. The van der Waals surface area contributed by atoms with Crippen molar-refractivity contribution >= 4 is 5.91 Å². The summed E-state index contributed by atoms with van der Waals surface area (Å²) in [5.74, 6) is 0.946. The monoisotopic (exact) mass is 222 g/mol. The van der Waals surface area contributed by atoms with E-state index in [2.05, 4.69) is 12.2 Å². The molecular weight excluding hydrogens is 200 g/mol. The lowest BCUT2D eigenvalue weighted by molar-refractivity contribution is -0.117. The Labute approximate surface area is 97.9 Å². The molecule has 3 heteroatoms. The molecule has 0 heterocycles. The number of nitrogens with one attached hydrogen (secondary N) is 1. The third-order valence-electron chi connectivity index (χ3n) is 3.98. The van der Waals surface area contributed by atoms with Crippen LogP contribution in [0.1, 0.15) is 26.2 Å². The van der Waals surface area contributed by atoms with Crippen LogP contribution in [0, 0.1) is 11.3 Å². The summed E-state index contributed by atoms with van der Waals surface area (Å²) in [7, 11) is 3.99. The van der Waals surface area contributed by atoms with Gasteiger partial charge >= 0.3 is 0 Å². The van der Waals surface area contributed by atoms with Crippen molar-refractivity contribution in [2.24, 2.45) is 11.3 Å². The molecule has 1 amide bonds. The molecule has 0 aromatic heterocycles. The minimum atomic E-state index is 0.0700. The summed E-state index contributed by atoms with van der Waals surface area (Å²) in [6.45, 7) is 3.11. The zero-order valence-corrected chi connectivity index (χ0v) is 10.5. The second-order valence-electron chi connectivity index (χ2n) is 5.89. The molecule has 1 atom stereocenters. The fraction of sp³-hybridized carbons (Fsp3) is 0.769. The summed E-state index contributed by atoms with van der Waals surface area (Å²) < 4.78 is 0. The molecule has 0 aliphatic heterocycles. The highest BCUT2D eigenvalue weighted by molar-refractivity contribution is 5.87. The van der Waals surface area contributed by atoms with Gasteiger partial charge in [-0.05, 0) is 44.7 Å². The largest absolute Gasteiger partial charge is 0.349 e. The summed E-state index contributed by atoms with van der Waals surface area (Å²) in [4.78, 5) is 13.7. The first-order chi connectivity index (χ1) is 7.49. The third-order valence-corrected chi connectivity index (χ3v) is 3.98. The SMILES string of the molecule is CN(C)C/C=C/C(=O)NC1CC2CC1(C)C2. The highest BCUT2D eigenvalue weighted by Crippen LogP contribution is 2.58. The van der Waals surface area contributed by atoms with Gasteiger partial charge in [0, 0.05) is 18.7 Å². The Morgan fingerprint density at radius 2 is 2.19 bits per heavy atom. The van der Waals surface area contributed by atoms with Gasteiger partial charge in [-0.2, -0.15) is 0 Å². The summed E-state index contributed by atoms with van der Waals surface area (Å²) >= 11 is 0. The molecule has 3 fully saturated rings. The van der Waals surface area contributed by atoms with Gasteiger partial charge in [-0.15, -0.1) is 0 Å². The van der Waals surface area contributed by atoms with E-state index in [1.165, 1.54) is 19.3 Å². The molecular formula is C13H22N2O. The molecule has 0 aromatic rings. The van der Waals surface area contributed by atoms with E-state index in [-0.39, 0.29) is 5.91 Å². The number of carbonyl (C=O) groups excluding carboxylic acids is 1. The topological polar surface area (TPSA) is 32.3 Å². The Morgan fingerprint density at radius 1 is 1.50 bits per heavy atom. The molecule has 0 aromatic carbocycles. The average Bonchev–Trinajstić information content (AvgIpc) is 2.56. The van der Waals surface area contributed by atoms with Crippen LogP contribution in [-0.4, -0.2) is 37.5 Å². The molecule has 1 N–H and O–H groups in total. The number of likely N-dealkylation sites (N-methyl/N-ethyl adjacent to an activating group) is 1. The number of amides is 1. The van der Waals surface area contributed by atoms with E-state index in [4.69, 9.17) is 0 Å². The van der Waals surface area contributed by atoms with E-state index in [1.807, 2.05) is 25.1 Å². The van der Waals surface area contributed by atoms with Crippen molar-refractivity contribution in [2.75, 3.05) is 20.6 Å². The van der Waals surface area contributed by atoms with Crippen LogP contribution < -0.4 is 5.32 Å². The van der Waals surface area contributed by atoms with Crippen LogP contribution in [0.2, 0.25) is 0 Å². The van der Waals surface area contributed by atoms with E-state index in [1.54, 1.807) is 6.08 Å². The number of hydrogen-bond acceptors (Lipinski definition) is 2. The smallest absolute Gasteiger partial charge is 0.243 e. The van der Waals surface area contributed by atoms with Crippen LogP contribution in [0.4, 0.5) is 0 Å². The van der Waals surface area contributed by atoms with Gasteiger partial charge in [0.15, 0.2) is 0 Å². The number of rotatable bonds is 4. The zero-order valence-electron chi connectivity index (χ0n) is 10.5. The van der Waals surface area contributed by atoms with Crippen LogP contribution >= 0.6 is 0 Å². The summed E-state index contributed by atoms with van der Waals surface area (Å²) in [5.41, 5.74) is 0.399. The van der Waals surface area contributed by atoms with Gasteiger partial charge in [-0.25, -0.2) is 0 Å². The van der Waals surface area contributed by atoms with Gasteiger partial charge in [-0.3, -0.25) is 4.79 Å². The van der Waals surface area contributed by atoms with Crippen molar-refractivity contribution in [1.82, 2.24) is 10.2 Å². The fourth-order valence-electron chi connectivity index (χ4n) is 3.15. The van der Waals surface area contributed by atoms with Crippen LogP contribution in [0.25, 0.3) is 0 Å². The van der Waals surface area contributed by atoms with Crippen molar-refractivity contribution in [3.05, 3.63) is 12.2 Å². The molecule has 90 valence electrons. The minimum Gasteiger partial charge on any atom is -0.349 e. The standard InChI is InChI=1S/C13H22N2O/c1-13-8-10(9-13)7-11(13)14-12(16)5-4-6-15(2)3/h4-5,10-11H,6-9H2,1-3H3,(H,14,16)/b5-4+. The van der Waals surface area contributed by atoms with Crippen molar-refractivity contribution in [3.63, 3.8) is 0 Å². The molecule has 0 spiro atoms. The molecule has 0 radical (unpaired) electrons. The van der Waals surface area contributed by atoms with Crippen LogP contribution in [0.5, 0.6) is 0 Å². The summed E-state index contributed by atoms with van der Waals surface area (Å²) in [6.07, 6.45) is 7.37. The molecule has 3 aliphatic rings. The number of nitrogens with zero attached hydrogens (tertiary/aromatic N) is 1. The normalized spacial score (nSPS) is 36.8. The van der Waals surface area contributed by atoms with Crippen molar-refractivity contribution in [1.29, 1.82) is 0 Å². The maximum Gasteiger partial charge on any atom is 0.243 e. The predicted molar refractivity (Wildman–Crippen MR) is 65.1 cm³/mol.